The number of carbonyl (C=O) groups excluding carboxylic acids is 1. The van der Waals surface area contributed by atoms with Crippen molar-refractivity contribution < 1.29 is 14.3 Å². The van der Waals surface area contributed by atoms with Crippen molar-refractivity contribution in [3.63, 3.8) is 0 Å². The lowest BCUT2D eigenvalue weighted by atomic mass is 9.87. The van der Waals surface area contributed by atoms with Crippen LogP contribution < -0.4 is 10.9 Å². The summed E-state index contributed by atoms with van der Waals surface area (Å²) in [7, 11) is 1.90. The number of benzene rings is 1. The molecule has 0 spiro atoms. The first kappa shape index (κ1) is 19.5. The highest BCUT2D eigenvalue weighted by molar-refractivity contribution is 5.83. The monoisotopic (exact) mass is 411 g/mol. The Labute approximate surface area is 174 Å². The molecule has 1 aliphatic carbocycles. The van der Waals surface area contributed by atoms with E-state index in [1.807, 2.05) is 18.0 Å². The summed E-state index contributed by atoms with van der Waals surface area (Å²) in [5.41, 5.74) is 1.70. The maximum absolute atomic E-state index is 13.7. The second-order valence-electron chi connectivity index (χ2n) is 8.80. The van der Waals surface area contributed by atoms with Crippen molar-refractivity contribution in [3.05, 3.63) is 58.3 Å². The molecule has 0 radical (unpaired) electrons. The first-order valence-electron chi connectivity index (χ1n) is 10.6. The highest BCUT2D eigenvalue weighted by Crippen LogP contribution is 2.48. The lowest BCUT2D eigenvalue weighted by Gasteiger charge is -2.32. The van der Waals surface area contributed by atoms with E-state index in [-0.39, 0.29) is 47.8 Å². The molecule has 2 N–H and O–H groups in total. The molecule has 4 atom stereocenters. The Balaban J connectivity index is 1.48. The highest BCUT2D eigenvalue weighted by Gasteiger charge is 2.54. The van der Waals surface area contributed by atoms with E-state index in [1.165, 1.54) is 12.1 Å². The zero-order chi connectivity index (χ0) is 21.0. The number of fused-ring (bicyclic) bond motifs is 3. The summed E-state index contributed by atoms with van der Waals surface area (Å²) < 4.78 is 15.4. The average Bonchev–Trinajstić information content (AvgIpc) is 3.20. The normalized spacial score (nSPS) is 28.1. The van der Waals surface area contributed by atoms with Gasteiger partial charge in [-0.1, -0.05) is 12.1 Å². The van der Waals surface area contributed by atoms with Gasteiger partial charge in [-0.05, 0) is 56.1 Å². The van der Waals surface area contributed by atoms with E-state index in [4.69, 9.17) is 0 Å². The maximum Gasteiger partial charge on any atom is 0.258 e. The number of halogens is 1. The Morgan fingerprint density at radius 1 is 1.27 bits per heavy atom. The molecule has 1 saturated heterocycles. The van der Waals surface area contributed by atoms with Gasteiger partial charge in [0.05, 0.1) is 12.1 Å². The number of amides is 1. The van der Waals surface area contributed by atoms with Crippen LogP contribution >= 0.6 is 0 Å². The van der Waals surface area contributed by atoms with Gasteiger partial charge in [-0.15, -0.1) is 0 Å². The number of nitrogens with one attached hydrogen (secondary N) is 1. The minimum Gasteiger partial charge on any atom is -0.396 e. The molecule has 1 amide bonds. The number of carbonyl (C=O) groups is 1. The minimum atomic E-state index is -0.405. The number of aliphatic hydroxyl groups excluding tert-OH is 1. The van der Waals surface area contributed by atoms with Gasteiger partial charge in [-0.25, -0.2) is 4.39 Å². The quantitative estimate of drug-likeness (QED) is 0.806. The Morgan fingerprint density at radius 3 is 2.73 bits per heavy atom. The summed E-state index contributed by atoms with van der Waals surface area (Å²) in [5.74, 6) is -0.666. The van der Waals surface area contributed by atoms with Crippen molar-refractivity contribution in [3.8, 4) is 11.1 Å². The van der Waals surface area contributed by atoms with Crippen molar-refractivity contribution in [1.29, 1.82) is 0 Å². The van der Waals surface area contributed by atoms with Crippen LogP contribution in [0.15, 0.2) is 41.2 Å². The molecule has 1 aromatic heterocycles. The molecule has 7 heteroatoms. The molecule has 1 saturated carbocycles. The molecule has 30 heavy (non-hydrogen) atoms. The summed E-state index contributed by atoms with van der Waals surface area (Å²) in [6.45, 7) is 0.346. The van der Waals surface area contributed by atoms with E-state index in [9.17, 15) is 19.1 Å². The zero-order valence-corrected chi connectivity index (χ0v) is 16.9. The van der Waals surface area contributed by atoms with E-state index in [1.54, 1.807) is 22.8 Å². The smallest absolute Gasteiger partial charge is 0.258 e. The van der Waals surface area contributed by atoms with E-state index in [0.29, 0.717) is 17.7 Å². The van der Waals surface area contributed by atoms with Crippen molar-refractivity contribution >= 4 is 5.91 Å². The molecule has 5 rings (SSSR count). The largest absolute Gasteiger partial charge is 0.396 e. The van der Waals surface area contributed by atoms with E-state index in [2.05, 4.69) is 5.32 Å². The molecule has 2 aliphatic heterocycles. The number of nitrogens with zero attached hydrogens (tertiary/aromatic N) is 2. The number of aliphatic hydroxyl groups is 1. The molecule has 0 bridgehead atoms. The van der Waals surface area contributed by atoms with Gasteiger partial charge in [0.1, 0.15) is 5.82 Å². The van der Waals surface area contributed by atoms with Gasteiger partial charge >= 0.3 is 0 Å². The molecule has 0 unspecified atom stereocenters. The molecule has 2 fully saturated rings. The highest BCUT2D eigenvalue weighted by atomic mass is 19.1. The predicted molar refractivity (Wildman–Crippen MR) is 110 cm³/mol. The fourth-order valence-electron chi connectivity index (χ4n) is 5.49. The van der Waals surface area contributed by atoms with Crippen LogP contribution in [-0.2, 0) is 11.3 Å². The van der Waals surface area contributed by atoms with Crippen molar-refractivity contribution in [2.45, 2.75) is 43.9 Å². The van der Waals surface area contributed by atoms with Crippen molar-refractivity contribution in [1.82, 2.24) is 14.8 Å². The summed E-state index contributed by atoms with van der Waals surface area (Å²) in [6, 6.07) is 9.43. The second kappa shape index (κ2) is 7.32. The lowest BCUT2D eigenvalue weighted by molar-refractivity contribution is -0.128. The van der Waals surface area contributed by atoms with Crippen LogP contribution in [0.4, 0.5) is 4.39 Å². The Morgan fingerprint density at radius 2 is 2.07 bits per heavy atom. The molecule has 3 heterocycles. The minimum absolute atomic E-state index is 0.0207. The van der Waals surface area contributed by atoms with Gasteiger partial charge in [0.15, 0.2) is 0 Å². The number of rotatable bonds is 4. The van der Waals surface area contributed by atoms with Gasteiger partial charge in [0, 0.05) is 42.3 Å². The molecule has 1 aromatic carbocycles. The van der Waals surface area contributed by atoms with E-state index in [0.717, 1.165) is 25.0 Å². The van der Waals surface area contributed by atoms with Crippen LogP contribution in [0.25, 0.3) is 11.1 Å². The van der Waals surface area contributed by atoms with Crippen LogP contribution in [0.3, 0.4) is 0 Å². The molecule has 3 aliphatic rings. The van der Waals surface area contributed by atoms with Crippen LogP contribution in [-0.4, -0.2) is 46.2 Å². The summed E-state index contributed by atoms with van der Waals surface area (Å²) in [5, 5.41) is 13.2. The summed E-state index contributed by atoms with van der Waals surface area (Å²) in [6.07, 6.45) is 3.17. The van der Waals surface area contributed by atoms with Crippen molar-refractivity contribution in [2.75, 3.05) is 13.7 Å². The van der Waals surface area contributed by atoms with Gasteiger partial charge in [0.2, 0.25) is 5.91 Å². The maximum atomic E-state index is 13.7. The first-order valence-corrected chi connectivity index (χ1v) is 10.6. The number of pyridine rings is 1. The fourth-order valence-corrected chi connectivity index (χ4v) is 5.49. The van der Waals surface area contributed by atoms with Gasteiger partial charge in [-0.2, -0.15) is 0 Å². The number of hydrogen-bond acceptors (Lipinski definition) is 4. The first-order chi connectivity index (χ1) is 14.5. The van der Waals surface area contributed by atoms with Crippen molar-refractivity contribution in [2.24, 2.45) is 11.8 Å². The van der Waals surface area contributed by atoms with Gasteiger partial charge < -0.3 is 15.0 Å². The summed E-state index contributed by atoms with van der Waals surface area (Å²) in [4.78, 5) is 28.1. The third-order valence-corrected chi connectivity index (χ3v) is 7.21. The number of likely N-dealkylation sites (tertiary alicyclic amines) is 1. The Bertz CT molecular complexity index is 1050. The third-order valence-electron chi connectivity index (χ3n) is 7.21. The van der Waals surface area contributed by atoms with Gasteiger partial charge in [0.25, 0.3) is 5.56 Å². The van der Waals surface area contributed by atoms with Crippen LogP contribution in [0.2, 0.25) is 0 Å². The molecule has 158 valence electrons. The number of aromatic nitrogens is 1. The summed E-state index contributed by atoms with van der Waals surface area (Å²) >= 11 is 0. The van der Waals surface area contributed by atoms with E-state index < -0.39 is 6.04 Å². The number of likely N-dealkylation sites (N-methyl/N-ethyl adjacent to an activating group) is 1. The second-order valence-corrected chi connectivity index (χ2v) is 8.80. The number of hydrogen-bond donors (Lipinski definition) is 2. The SMILES string of the molecule is CN1[C@@H]2c3ccc(-c4cccc(F)c4)c(=O)n3C[C@@H]2[C@@H](CO)[C@@H]1C(=O)NC1CCC1. The predicted octanol–water partition coefficient (Wildman–Crippen LogP) is 1.92. The zero-order valence-electron chi connectivity index (χ0n) is 16.9. The topological polar surface area (TPSA) is 74.6 Å². The van der Waals surface area contributed by atoms with E-state index >= 15 is 0 Å². The van der Waals surface area contributed by atoms with Crippen LogP contribution in [0.1, 0.15) is 31.0 Å². The third kappa shape index (κ3) is 2.91. The fraction of sp³-hybridized carbons (Fsp3) is 0.478. The molecule has 2 aromatic rings. The molecule has 6 nitrogen and oxygen atoms in total. The van der Waals surface area contributed by atoms with Crippen LogP contribution in [0.5, 0.6) is 0 Å². The Kier molecular flexibility index (Phi) is 4.75. The van der Waals surface area contributed by atoms with Gasteiger partial charge in [-0.3, -0.25) is 14.5 Å². The standard InChI is InChI=1S/C23H26FN3O3/c1-26-20-17(18(12-28)21(26)22(29)25-15-6-3-7-15)11-27-19(20)9-8-16(23(27)30)13-4-2-5-14(24)10-13/h2,4-5,8-10,15,17-18,20-21,28H,3,6-7,11-12H2,1H3,(H,25,29)/t17-,18-,20+,21-/m1/s1. The average molecular weight is 411 g/mol. The Hall–Kier alpha value is -2.51. The molecular weight excluding hydrogens is 385 g/mol. The van der Waals surface area contributed by atoms with Crippen LogP contribution in [0, 0.1) is 17.7 Å². The lowest BCUT2D eigenvalue weighted by Crippen LogP contribution is -2.51. The molecular formula is C23H26FN3O3.